The Morgan fingerprint density at radius 3 is 2.40 bits per heavy atom. The van der Waals surface area contributed by atoms with Crippen molar-refractivity contribution in [2.24, 2.45) is 5.92 Å². The second-order valence-corrected chi connectivity index (χ2v) is 9.69. The number of aromatic nitrogens is 1. The van der Waals surface area contributed by atoms with Gasteiger partial charge in [-0.3, -0.25) is 14.4 Å². The number of nitrogens with zero attached hydrogens (tertiary/aromatic N) is 2. The molecule has 0 saturated carbocycles. The van der Waals surface area contributed by atoms with Gasteiger partial charge in [-0.05, 0) is 31.9 Å². The smallest absolute Gasteiger partial charge is 0.245 e. The zero-order chi connectivity index (χ0) is 21.7. The minimum atomic E-state index is -3.69. The van der Waals surface area contributed by atoms with E-state index in [1.807, 2.05) is 0 Å². The number of ketones is 1. The van der Waals surface area contributed by atoms with E-state index in [1.54, 1.807) is 11.6 Å². The van der Waals surface area contributed by atoms with E-state index in [4.69, 9.17) is 0 Å². The van der Waals surface area contributed by atoms with Crippen LogP contribution >= 0.6 is 11.3 Å². The summed E-state index contributed by atoms with van der Waals surface area (Å²) in [7, 11) is -3.69. The lowest BCUT2D eigenvalue weighted by Gasteiger charge is -2.30. The van der Waals surface area contributed by atoms with Gasteiger partial charge in [0.1, 0.15) is 0 Å². The number of carbonyl (C=O) groups is 3. The zero-order valence-corrected chi connectivity index (χ0v) is 18.0. The molecule has 1 fully saturated rings. The quantitative estimate of drug-likeness (QED) is 0.616. The number of hydrogen-bond acceptors (Lipinski definition) is 7. The van der Waals surface area contributed by atoms with Crippen LogP contribution in [0, 0.1) is 5.92 Å². The second kappa shape index (κ2) is 9.45. The minimum Gasteiger partial charge on any atom is -0.347 e. The molecular formula is C19H22N4O5S2. The SMILES string of the molecule is CC(=O)c1ccc(S(=O)(=O)N2CCC(C(=O)NCC(=O)Nc3nccs3)CC2)cc1. The van der Waals surface area contributed by atoms with Gasteiger partial charge >= 0.3 is 0 Å². The largest absolute Gasteiger partial charge is 0.347 e. The highest BCUT2D eigenvalue weighted by atomic mass is 32.2. The molecule has 11 heteroatoms. The molecule has 1 aromatic carbocycles. The van der Waals surface area contributed by atoms with Gasteiger partial charge in [0, 0.05) is 36.1 Å². The topological polar surface area (TPSA) is 126 Å². The van der Waals surface area contributed by atoms with Crippen molar-refractivity contribution in [2.75, 3.05) is 25.0 Å². The molecule has 30 heavy (non-hydrogen) atoms. The van der Waals surface area contributed by atoms with E-state index < -0.39 is 10.0 Å². The Kier molecular flexibility index (Phi) is 6.95. The molecule has 2 heterocycles. The van der Waals surface area contributed by atoms with Crippen LogP contribution in [0.15, 0.2) is 40.7 Å². The molecule has 0 atom stereocenters. The molecule has 1 aliphatic heterocycles. The Morgan fingerprint density at radius 2 is 1.83 bits per heavy atom. The molecule has 1 aliphatic rings. The first-order chi connectivity index (χ1) is 14.3. The minimum absolute atomic E-state index is 0.120. The standard InChI is InChI=1S/C19H22N4O5S2/c1-13(24)14-2-4-16(5-3-14)30(27,28)23-9-6-15(7-10-23)18(26)21-12-17(25)22-19-20-8-11-29-19/h2-5,8,11,15H,6-7,9-10,12H2,1H3,(H,21,26)(H,20,22,25). The Bertz CT molecular complexity index is 1010. The fourth-order valence-electron chi connectivity index (χ4n) is 3.13. The van der Waals surface area contributed by atoms with Gasteiger partial charge in [-0.2, -0.15) is 4.31 Å². The van der Waals surface area contributed by atoms with Crippen LogP contribution in [0.1, 0.15) is 30.1 Å². The molecule has 2 aromatic rings. The molecule has 0 radical (unpaired) electrons. The number of thiazole rings is 1. The summed E-state index contributed by atoms with van der Waals surface area (Å²) in [5, 5.41) is 7.37. The summed E-state index contributed by atoms with van der Waals surface area (Å²) in [6.45, 7) is 1.67. The van der Waals surface area contributed by atoms with Crippen LogP contribution in [0.5, 0.6) is 0 Å². The van der Waals surface area contributed by atoms with Crippen molar-refractivity contribution in [1.29, 1.82) is 0 Å². The van der Waals surface area contributed by atoms with Crippen LogP contribution in [0.3, 0.4) is 0 Å². The summed E-state index contributed by atoms with van der Waals surface area (Å²) in [6.07, 6.45) is 2.30. The van der Waals surface area contributed by atoms with Crippen molar-refractivity contribution in [3.05, 3.63) is 41.4 Å². The van der Waals surface area contributed by atoms with E-state index in [2.05, 4.69) is 15.6 Å². The van der Waals surface area contributed by atoms with Gasteiger partial charge in [0.2, 0.25) is 21.8 Å². The highest BCUT2D eigenvalue weighted by Crippen LogP contribution is 2.24. The van der Waals surface area contributed by atoms with Crippen molar-refractivity contribution in [3.8, 4) is 0 Å². The molecule has 2 N–H and O–H groups in total. The highest BCUT2D eigenvalue weighted by molar-refractivity contribution is 7.89. The number of anilines is 1. The Labute approximate surface area is 178 Å². The van der Waals surface area contributed by atoms with E-state index in [1.165, 1.54) is 46.8 Å². The van der Waals surface area contributed by atoms with Gasteiger partial charge in [-0.1, -0.05) is 12.1 Å². The van der Waals surface area contributed by atoms with Crippen LogP contribution in [0.4, 0.5) is 5.13 Å². The maximum Gasteiger partial charge on any atom is 0.245 e. The Hall–Kier alpha value is -2.63. The first kappa shape index (κ1) is 22.1. The number of benzene rings is 1. The monoisotopic (exact) mass is 450 g/mol. The van der Waals surface area contributed by atoms with Gasteiger partial charge in [-0.15, -0.1) is 11.3 Å². The Morgan fingerprint density at radius 1 is 1.17 bits per heavy atom. The molecular weight excluding hydrogens is 428 g/mol. The van der Waals surface area contributed by atoms with E-state index in [-0.39, 0.29) is 48.0 Å². The van der Waals surface area contributed by atoms with Crippen LogP contribution < -0.4 is 10.6 Å². The first-order valence-corrected chi connectivity index (χ1v) is 11.7. The molecule has 1 saturated heterocycles. The molecule has 2 amide bonds. The Balaban J connectivity index is 1.50. The number of nitrogens with one attached hydrogen (secondary N) is 2. The molecule has 0 unspecified atom stereocenters. The van der Waals surface area contributed by atoms with Gasteiger partial charge in [-0.25, -0.2) is 13.4 Å². The summed E-state index contributed by atoms with van der Waals surface area (Å²) in [6, 6.07) is 5.83. The number of Topliss-reactive ketones (excluding diaryl/α,β-unsaturated/α-hetero) is 1. The zero-order valence-electron chi connectivity index (χ0n) is 16.3. The molecule has 9 nitrogen and oxygen atoms in total. The first-order valence-electron chi connectivity index (χ1n) is 9.35. The molecule has 1 aromatic heterocycles. The molecule has 0 aliphatic carbocycles. The lowest BCUT2D eigenvalue weighted by atomic mass is 9.97. The summed E-state index contributed by atoms with van der Waals surface area (Å²) in [5.74, 6) is -1.13. The van der Waals surface area contributed by atoms with Gasteiger partial charge in [0.15, 0.2) is 10.9 Å². The summed E-state index contributed by atoms with van der Waals surface area (Å²) >= 11 is 1.28. The predicted molar refractivity (Wildman–Crippen MR) is 112 cm³/mol. The third-order valence-electron chi connectivity index (χ3n) is 4.83. The summed E-state index contributed by atoms with van der Waals surface area (Å²) in [4.78, 5) is 39.6. The summed E-state index contributed by atoms with van der Waals surface area (Å²) in [5.41, 5.74) is 0.447. The number of sulfonamides is 1. The molecule has 160 valence electrons. The van der Waals surface area contributed by atoms with Gasteiger partial charge < -0.3 is 10.6 Å². The van der Waals surface area contributed by atoms with E-state index >= 15 is 0 Å². The molecule has 0 spiro atoms. The van der Waals surface area contributed by atoms with Crippen molar-refractivity contribution in [1.82, 2.24) is 14.6 Å². The number of carbonyl (C=O) groups excluding carboxylic acids is 3. The van der Waals surface area contributed by atoms with Crippen molar-refractivity contribution >= 4 is 44.1 Å². The van der Waals surface area contributed by atoms with Crippen LogP contribution in [0.25, 0.3) is 0 Å². The lowest BCUT2D eigenvalue weighted by molar-refractivity contribution is -0.128. The number of amides is 2. The average molecular weight is 451 g/mol. The van der Waals surface area contributed by atoms with E-state index in [0.29, 0.717) is 23.5 Å². The normalized spacial score (nSPS) is 15.5. The predicted octanol–water partition coefficient (Wildman–Crippen LogP) is 1.50. The van der Waals surface area contributed by atoms with Crippen LogP contribution in [0.2, 0.25) is 0 Å². The number of rotatable bonds is 7. The third kappa shape index (κ3) is 5.29. The van der Waals surface area contributed by atoms with E-state index in [9.17, 15) is 22.8 Å². The number of hydrogen-bond donors (Lipinski definition) is 2. The van der Waals surface area contributed by atoms with E-state index in [0.717, 1.165) is 0 Å². The van der Waals surface area contributed by atoms with Crippen molar-refractivity contribution < 1.29 is 22.8 Å². The highest BCUT2D eigenvalue weighted by Gasteiger charge is 2.32. The lowest BCUT2D eigenvalue weighted by Crippen LogP contribution is -2.44. The second-order valence-electron chi connectivity index (χ2n) is 6.86. The molecule has 3 rings (SSSR count). The average Bonchev–Trinajstić information content (AvgIpc) is 3.25. The molecule has 0 bridgehead atoms. The van der Waals surface area contributed by atoms with Crippen LogP contribution in [-0.2, 0) is 19.6 Å². The van der Waals surface area contributed by atoms with Gasteiger partial charge in [0.25, 0.3) is 0 Å². The van der Waals surface area contributed by atoms with Crippen molar-refractivity contribution in [3.63, 3.8) is 0 Å². The van der Waals surface area contributed by atoms with Crippen molar-refractivity contribution in [2.45, 2.75) is 24.7 Å². The maximum absolute atomic E-state index is 12.8. The third-order valence-corrected chi connectivity index (χ3v) is 7.43. The number of piperidine rings is 1. The van der Waals surface area contributed by atoms with Gasteiger partial charge in [0.05, 0.1) is 11.4 Å². The fraction of sp³-hybridized carbons (Fsp3) is 0.368. The maximum atomic E-state index is 12.8. The fourth-order valence-corrected chi connectivity index (χ4v) is 5.14. The summed E-state index contributed by atoms with van der Waals surface area (Å²) < 4.78 is 26.9. The van der Waals surface area contributed by atoms with Crippen LogP contribution in [-0.4, -0.2) is 54.9 Å².